The fourth-order valence-electron chi connectivity index (χ4n) is 3.62. The molecule has 2 amide bonds. The molecule has 3 aromatic rings. The average Bonchev–Trinajstić information content (AvgIpc) is 3.41. The Morgan fingerprint density at radius 1 is 1.19 bits per heavy atom. The maximum absolute atomic E-state index is 12.8. The van der Waals surface area contributed by atoms with E-state index in [1.165, 1.54) is 24.0 Å². The first-order valence-corrected chi connectivity index (χ1v) is 12.2. The van der Waals surface area contributed by atoms with Gasteiger partial charge in [-0.15, -0.1) is 22.0 Å². The number of ether oxygens (including phenoxy) is 1. The third kappa shape index (κ3) is 4.49. The van der Waals surface area contributed by atoms with Gasteiger partial charge in [0.15, 0.2) is 0 Å². The zero-order chi connectivity index (χ0) is 22.8. The summed E-state index contributed by atoms with van der Waals surface area (Å²) in [6.07, 6.45) is 2.34. The van der Waals surface area contributed by atoms with Crippen molar-refractivity contribution in [2.45, 2.75) is 31.1 Å². The number of amides is 2. The van der Waals surface area contributed by atoms with Crippen LogP contribution >= 0.6 is 23.1 Å². The summed E-state index contributed by atoms with van der Waals surface area (Å²) in [5, 5.41) is 12.3. The lowest BCUT2D eigenvalue weighted by molar-refractivity contribution is -0.117. The summed E-state index contributed by atoms with van der Waals surface area (Å²) in [5.41, 5.74) is 3.68. The first-order valence-electron chi connectivity index (χ1n) is 10.1. The zero-order valence-electron chi connectivity index (χ0n) is 18.3. The van der Waals surface area contributed by atoms with Gasteiger partial charge in [-0.25, -0.2) is 0 Å². The number of aromatic nitrogens is 2. The number of thioether (sulfide) groups is 1. The summed E-state index contributed by atoms with van der Waals surface area (Å²) in [6.45, 7) is 4.64. The molecular formula is C23H24N4O3S2. The number of hydrogen-bond acceptors (Lipinski definition) is 7. The first kappa shape index (κ1) is 22.3. The fourth-order valence-corrected chi connectivity index (χ4v) is 4.88. The minimum Gasteiger partial charge on any atom is -0.496 e. The van der Waals surface area contributed by atoms with Gasteiger partial charge >= 0.3 is 0 Å². The molecule has 4 rings (SSSR count). The van der Waals surface area contributed by atoms with Crippen LogP contribution in [0, 0.1) is 13.8 Å². The molecule has 1 aliphatic heterocycles. The minimum absolute atomic E-state index is 0.0531. The van der Waals surface area contributed by atoms with Gasteiger partial charge in [0.1, 0.15) is 10.8 Å². The largest absolute Gasteiger partial charge is 0.496 e. The van der Waals surface area contributed by atoms with Crippen molar-refractivity contribution in [2.24, 2.45) is 0 Å². The molecule has 0 spiro atoms. The molecule has 1 saturated heterocycles. The van der Waals surface area contributed by atoms with E-state index in [0.29, 0.717) is 29.4 Å². The Balaban J connectivity index is 1.47. The zero-order valence-corrected chi connectivity index (χ0v) is 20.0. The highest BCUT2D eigenvalue weighted by molar-refractivity contribution is 7.98. The molecule has 7 nitrogen and oxygen atoms in total. The van der Waals surface area contributed by atoms with Crippen LogP contribution < -0.4 is 15.0 Å². The predicted molar refractivity (Wildman–Crippen MR) is 128 cm³/mol. The Morgan fingerprint density at radius 3 is 2.72 bits per heavy atom. The number of methoxy groups -OCH3 is 1. The molecule has 2 aromatic carbocycles. The normalized spacial score (nSPS) is 15.8. The monoisotopic (exact) mass is 468 g/mol. The third-order valence-electron chi connectivity index (χ3n) is 5.59. The van der Waals surface area contributed by atoms with Crippen LogP contribution in [0.15, 0.2) is 41.3 Å². The molecular weight excluding hydrogens is 444 g/mol. The van der Waals surface area contributed by atoms with Crippen LogP contribution in [0.3, 0.4) is 0 Å². The van der Waals surface area contributed by atoms with E-state index in [0.717, 1.165) is 21.2 Å². The van der Waals surface area contributed by atoms with Gasteiger partial charge in [0.05, 0.1) is 12.7 Å². The van der Waals surface area contributed by atoms with Gasteiger partial charge in [-0.1, -0.05) is 17.4 Å². The Kier molecular flexibility index (Phi) is 6.48. The highest BCUT2D eigenvalue weighted by atomic mass is 32.2. The predicted octanol–water partition coefficient (Wildman–Crippen LogP) is 4.66. The van der Waals surface area contributed by atoms with E-state index in [1.807, 2.05) is 43.5 Å². The molecule has 1 fully saturated rings. The van der Waals surface area contributed by atoms with Gasteiger partial charge < -0.3 is 9.64 Å². The maximum Gasteiger partial charge on any atom is 0.261 e. The van der Waals surface area contributed by atoms with Crippen LogP contribution in [-0.2, 0) is 4.79 Å². The summed E-state index contributed by atoms with van der Waals surface area (Å²) >= 11 is 2.88. The van der Waals surface area contributed by atoms with Crippen molar-refractivity contribution in [3.8, 4) is 5.75 Å². The summed E-state index contributed by atoms with van der Waals surface area (Å²) in [4.78, 5) is 28.2. The molecule has 1 atom stereocenters. The molecule has 2 heterocycles. The lowest BCUT2D eigenvalue weighted by Gasteiger charge is -2.17. The van der Waals surface area contributed by atoms with Crippen LogP contribution in [0.5, 0.6) is 5.75 Å². The molecule has 1 aromatic heterocycles. The molecule has 32 heavy (non-hydrogen) atoms. The molecule has 1 aliphatic rings. The van der Waals surface area contributed by atoms with Gasteiger partial charge in [0.2, 0.25) is 11.0 Å². The van der Waals surface area contributed by atoms with E-state index in [9.17, 15) is 9.59 Å². The van der Waals surface area contributed by atoms with E-state index in [4.69, 9.17) is 4.74 Å². The SMILES string of the molecule is COc1cc(SC)ccc1C(=O)Nc1nnc([C@@H]2CC(=O)N(c3ccc(C)c(C)c3)C2)s1. The molecule has 0 bridgehead atoms. The number of hydrogen-bond donors (Lipinski definition) is 1. The second-order valence-electron chi connectivity index (χ2n) is 7.64. The van der Waals surface area contributed by atoms with Gasteiger partial charge in [-0.2, -0.15) is 0 Å². The third-order valence-corrected chi connectivity index (χ3v) is 7.32. The van der Waals surface area contributed by atoms with E-state index in [1.54, 1.807) is 22.7 Å². The smallest absolute Gasteiger partial charge is 0.261 e. The Labute approximate surface area is 195 Å². The van der Waals surface area contributed by atoms with Crippen LogP contribution in [0.1, 0.15) is 38.8 Å². The van der Waals surface area contributed by atoms with E-state index in [-0.39, 0.29) is 17.7 Å². The number of benzene rings is 2. The Bertz CT molecular complexity index is 1180. The number of nitrogens with one attached hydrogen (secondary N) is 1. The van der Waals surface area contributed by atoms with Crippen LogP contribution in [-0.4, -0.2) is 41.9 Å². The highest BCUT2D eigenvalue weighted by Crippen LogP contribution is 2.35. The van der Waals surface area contributed by atoms with Crippen molar-refractivity contribution in [3.63, 3.8) is 0 Å². The molecule has 0 unspecified atom stereocenters. The van der Waals surface area contributed by atoms with Crippen molar-refractivity contribution < 1.29 is 14.3 Å². The van der Waals surface area contributed by atoms with Crippen molar-refractivity contribution in [2.75, 3.05) is 30.1 Å². The van der Waals surface area contributed by atoms with Crippen molar-refractivity contribution in [3.05, 3.63) is 58.1 Å². The van der Waals surface area contributed by atoms with Crippen molar-refractivity contribution >= 4 is 45.7 Å². The van der Waals surface area contributed by atoms with E-state index >= 15 is 0 Å². The minimum atomic E-state index is -0.309. The molecule has 1 N–H and O–H groups in total. The summed E-state index contributed by atoms with van der Waals surface area (Å²) in [7, 11) is 1.54. The topological polar surface area (TPSA) is 84.4 Å². The lowest BCUT2D eigenvalue weighted by Crippen LogP contribution is -2.24. The summed E-state index contributed by atoms with van der Waals surface area (Å²) < 4.78 is 5.36. The number of carbonyl (C=O) groups is 2. The van der Waals surface area contributed by atoms with Gasteiger partial charge in [-0.05, 0) is 61.6 Å². The van der Waals surface area contributed by atoms with Crippen molar-refractivity contribution in [1.82, 2.24) is 10.2 Å². The van der Waals surface area contributed by atoms with E-state index < -0.39 is 0 Å². The molecule has 166 valence electrons. The number of anilines is 2. The summed E-state index contributed by atoms with van der Waals surface area (Å²) in [6, 6.07) is 11.5. The molecule has 0 aliphatic carbocycles. The molecule has 0 radical (unpaired) electrons. The molecule has 0 saturated carbocycles. The van der Waals surface area contributed by atoms with Crippen LogP contribution in [0.25, 0.3) is 0 Å². The number of carbonyl (C=O) groups excluding carboxylic acids is 2. The first-order chi connectivity index (χ1) is 15.4. The van der Waals surface area contributed by atoms with Gasteiger partial charge in [0, 0.05) is 29.5 Å². The highest BCUT2D eigenvalue weighted by Gasteiger charge is 2.34. The van der Waals surface area contributed by atoms with Gasteiger partial charge in [-0.3, -0.25) is 14.9 Å². The van der Waals surface area contributed by atoms with Gasteiger partial charge in [0.25, 0.3) is 5.91 Å². The standard InChI is InChI=1S/C23H24N4O3S2/c1-13-5-6-16(9-14(13)2)27-12-15(10-20(27)28)22-25-26-23(32-22)24-21(29)18-8-7-17(31-4)11-19(18)30-3/h5-9,11,15H,10,12H2,1-4H3,(H,24,26,29)/t15-/m1/s1. The summed E-state index contributed by atoms with van der Waals surface area (Å²) in [5.74, 6) is 0.210. The number of aryl methyl sites for hydroxylation is 2. The number of rotatable bonds is 6. The fraction of sp³-hybridized carbons (Fsp3) is 0.304. The Hall–Kier alpha value is -2.91. The second kappa shape index (κ2) is 9.30. The number of nitrogens with zero attached hydrogens (tertiary/aromatic N) is 3. The van der Waals surface area contributed by atoms with Crippen LogP contribution in [0.4, 0.5) is 10.8 Å². The lowest BCUT2D eigenvalue weighted by atomic mass is 10.1. The average molecular weight is 469 g/mol. The van der Waals surface area contributed by atoms with Crippen molar-refractivity contribution in [1.29, 1.82) is 0 Å². The second-order valence-corrected chi connectivity index (χ2v) is 9.53. The van der Waals surface area contributed by atoms with Crippen LogP contribution in [0.2, 0.25) is 0 Å². The molecule has 9 heteroatoms. The maximum atomic E-state index is 12.8. The van der Waals surface area contributed by atoms with E-state index in [2.05, 4.69) is 22.4 Å². The Morgan fingerprint density at radius 2 is 2.00 bits per heavy atom. The quantitative estimate of drug-likeness (QED) is 0.530.